The summed E-state index contributed by atoms with van der Waals surface area (Å²) in [7, 11) is -3.93. The summed E-state index contributed by atoms with van der Waals surface area (Å²) < 4.78 is 27.1. The normalized spacial score (nSPS) is 11.1. The van der Waals surface area contributed by atoms with Crippen LogP contribution in [-0.4, -0.2) is 19.5 Å². The van der Waals surface area contributed by atoms with Gasteiger partial charge in [0.25, 0.3) is 10.0 Å². The number of nitrogens with one attached hydrogen (secondary N) is 1. The molecular weight excluding hydrogens is 382 g/mol. The van der Waals surface area contributed by atoms with E-state index in [9.17, 15) is 13.2 Å². The van der Waals surface area contributed by atoms with Gasteiger partial charge in [-0.3, -0.25) is 4.72 Å². The highest BCUT2D eigenvalue weighted by molar-refractivity contribution is 9.10. The van der Waals surface area contributed by atoms with Crippen LogP contribution in [0.3, 0.4) is 0 Å². The van der Waals surface area contributed by atoms with E-state index in [2.05, 4.69) is 20.7 Å². The monoisotopic (exact) mass is 389 g/mol. The molecule has 0 unspecified atom stereocenters. The van der Waals surface area contributed by atoms with Crippen molar-refractivity contribution in [3.8, 4) is 0 Å². The molecule has 2 aromatic rings. The van der Waals surface area contributed by atoms with Crippen molar-refractivity contribution in [3.05, 3.63) is 57.5 Å². The molecule has 5 nitrogen and oxygen atoms in total. The second kappa shape index (κ2) is 6.05. The lowest BCUT2D eigenvalue weighted by atomic mass is 10.2. The number of anilines is 1. The van der Waals surface area contributed by atoms with Gasteiger partial charge in [0, 0.05) is 4.47 Å². The Morgan fingerprint density at radius 1 is 1.19 bits per heavy atom. The van der Waals surface area contributed by atoms with Crippen LogP contribution in [0.2, 0.25) is 5.02 Å². The summed E-state index contributed by atoms with van der Waals surface area (Å²) in [4.78, 5) is 10.9. The third-order valence-corrected chi connectivity index (χ3v) is 4.98. The Morgan fingerprint density at radius 3 is 2.48 bits per heavy atom. The van der Waals surface area contributed by atoms with Crippen molar-refractivity contribution < 1.29 is 18.3 Å². The fraction of sp³-hybridized carbons (Fsp3) is 0. The third kappa shape index (κ3) is 3.55. The highest BCUT2D eigenvalue weighted by Crippen LogP contribution is 2.26. The quantitative estimate of drug-likeness (QED) is 0.835. The Balaban J connectivity index is 2.43. The molecule has 0 aliphatic heterocycles. The Labute approximate surface area is 134 Å². The molecule has 0 amide bonds. The van der Waals surface area contributed by atoms with Crippen LogP contribution >= 0.6 is 27.5 Å². The predicted octanol–water partition coefficient (Wildman–Crippen LogP) is 3.60. The van der Waals surface area contributed by atoms with Gasteiger partial charge in [-0.15, -0.1) is 0 Å². The third-order valence-electron chi connectivity index (χ3n) is 2.60. The first-order valence-corrected chi connectivity index (χ1v) is 8.27. The minimum atomic E-state index is -3.93. The van der Waals surface area contributed by atoms with Gasteiger partial charge in [0.2, 0.25) is 0 Å². The first kappa shape index (κ1) is 15.8. The second-order valence-corrected chi connectivity index (χ2v) is 6.98. The first-order chi connectivity index (χ1) is 9.81. The zero-order chi connectivity index (χ0) is 15.6. The molecule has 110 valence electrons. The number of halogens is 2. The van der Waals surface area contributed by atoms with Crippen LogP contribution < -0.4 is 4.72 Å². The molecule has 0 aliphatic rings. The number of rotatable bonds is 4. The largest absolute Gasteiger partial charge is 0.478 e. The van der Waals surface area contributed by atoms with Gasteiger partial charge in [-0.2, -0.15) is 0 Å². The molecule has 2 rings (SSSR count). The molecule has 0 heterocycles. The lowest BCUT2D eigenvalue weighted by Gasteiger charge is -2.10. The van der Waals surface area contributed by atoms with E-state index in [1.54, 1.807) is 18.2 Å². The van der Waals surface area contributed by atoms with Crippen molar-refractivity contribution >= 4 is 49.2 Å². The van der Waals surface area contributed by atoms with Gasteiger partial charge in [0.1, 0.15) is 0 Å². The molecule has 0 bridgehead atoms. The van der Waals surface area contributed by atoms with Gasteiger partial charge in [-0.05, 0) is 46.3 Å². The van der Waals surface area contributed by atoms with Crippen LogP contribution in [0.15, 0.2) is 51.8 Å². The lowest BCUT2D eigenvalue weighted by Crippen LogP contribution is -2.14. The van der Waals surface area contributed by atoms with E-state index in [-0.39, 0.29) is 21.2 Å². The molecule has 2 aromatic carbocycles. The Morgan fingerprint density at radius 2 is 1.86 bits per heavy atom. The smallest absolute Gasteiger partial charge is 0.336 e. The van der Waals surface area contributed by atoms with Gasteiger partial charge in [0.05, 0.1) is 21.2 Å². The van der Waals surface area contributed by atoms with E-state index in [1.165, 1.54) is 18.2 Å². The number of para-hydroxylation sites is 1. The van der Waals surface area contributed by atoms with Crippen molar-refractivity contribution in [2.45, 2.75) is 4.90 Å². The van der Waals surface area contributed by atoms with Crippen LogP contribution in [0.5, 0.6) is 0 Å². The topological polar surface area (TPSA) is 83.5 Å². The predicted molar refractivity (Wildman–Crippen MR) is 83.4 cm³/mol. The molecule has 21 heavy (non-hydrogen) atoms. The minimum Gasteiger partial charge on any atom is -0.478 e. The number of hydrogen-bond donors (Lipinski definition) is 2. The molecule has 0 spiro atoms. The molecule has 0 fully saturated rings. The Hall–Kier alpha value is -1.57. The number of benzene rings is 2. The summed E-state index contributed by atoms with van der Waals surface area (Å²) in [6.07, 6.45) is 0. The van der Waals surface area contributed by atoms with E-state index in [0.29, 0.717) is 4.47 Å². The van der Waals surface area contributed by atoms with Crippen LogP contribution in [0, 0.1) is 0 Å². The van der Waals surface area contributed by atoms with Crippen molar-refractivity contribution in [2.24, 2.45) is 0 Å². The number of carboxylic acid groups (broad SMARTS) is 1. The SMILES string of the molecule is O=C(O)c1cc(S(=O)(=O)Nc2ccccc2Cl)ccc1Br. The maximum atomic E-state index is 12.3. The van der Waals surface area contributed by atoms with Gasteiger partial charge in [-0.25, -0.2) is 13.2 Å². The second-order valence-electron chi connectivity index (χ2n) is 4.03. The maximum absolute atomic E-state index is 12.3. The molecule has 0 saturated carbocycles. The Bertz CT molecular complexity index is 808. The zero-order valence-corrected chi connectivity index (χ0v) is 13.5. The van der Waals surface area contributed by atoms with Crippen LogP contribution in [0.1, 0.15) is 10.4 Å². The fourth-order valence-electron chi connectivity index (χ4n) is 1.58. The zero-order valence-electron chi connectivity index (χ0n) is 10.4. The molecule has 0 aliphatic carbocycles. The van der Waals surface area contributed by atoms with Crippen molar-refractivity contribution in [2.75, 3.05) is 4.72 Å². The van der Waals surface area contributed by atoms with Crippen molar-refractivity contribution in [1.29, 1.82) is 0 Å². The molecule has 0 atom stereocenters. The van der Waals surface area contributed by atoms with E-state index < -0.39 is 16.0 Å². The average Bonchev–Trinajstić information content (AvgIpc) is 2.41. The van der Waals surface area contributed by atoms with Gasteiger partial charge < -0.3 is 5.11 Å². The summed E-state index contributed by atoms with van der Waals surface area (Å²) in [5.41, 5.74) is 0.0796. The maximum Gasteiger partial charge on any atom is 0.336 e. The lowest BCUT2D eigenvalue weighted by molar-refractivity contribution is 0.0695. The molecule has 0 radical (unpaired) electrons. The first-order valence-electron chi connectivity index (χ1n) is 5.61. The van der Waals surface area contributed by atoms with E-state index in [0.717, 1.165) is 6.07 Å². The summed E-state index contributed by atoms with van der Waals surface area (Å²) in [5.74, 6) is -1.23. The summed E-state index contributed by atoms with van der Waals surface area (Å²) in [6.45, 7) is 0. The number of hydrogen-bond acceptors (Lipinski definition) is 3. The average molecular weight is 391 g/mol. The van der Waals surface area contributed by atoms with Crippen LogP contribution in [0.25, 0.3) is 0 Å². The summed E-state index contributed by atoms with van der Waals surface area (Å²) in [6, 6.07) is 10.1. The molecule has 8 heteroatoms. The number of aromatic carboxylic acids is 1. The highest BCUT2D eigenvalue weighted by atomic mass is 79.9. The van der Waals surface area contributed by atoms with Crippen LogP contribution in [-0.2, 0) is 10.0 Å². The van der Waals surface area contributed by atoms with Gasteiger partial charge in [0.15, 0.2) is 0 Å². The molecule has 0 saturated heterocycles. The van der Waals surface area contributed by atoms with Gasteiger partial charge in [-0.1, -0.05) is 23.7 Å². The molecule has 0 aromatic heterocycles. The highest BCUT2D eigenvalue weighted by Gasteiger charge is 2.19. The molecule has 2 N–H and O–H groups in total. The fourth-order valence-corrected chi connectivity index (χ4v) is 3.34. The standard InChI is InChI=1S/C13H9BrClNO4S/c14-10-6-5-8(7-9(10)13(17)18)21(19,20)16-12-4-2-1-3-11(12)15/h1-7,16H,(H,17,18). The summed E-state index contributed by atoms with van der Waals surface area (Å²) in [5, 5.41) is 9.27. The van der Waals surface area contributed by atoms with Crippen LogP contribution in [0.4, 0.5) is 5.69 Å². The van der Waals surface area contributed by atoms with Crippen molar-refractivity contribution in [3.63, 3.8) is 0 Å². The molecular formula is C13H9BrClNO4S. The minimum absolute atomic E-state index is 0.142. The van der Waals surface area contributed by atoms with E-state index in [4.69, 9.17) is 16.7 Å². The van der Waals surface area contributed by atoms with E-state index in [1.807, 2.05) is 0 Å². The summed E-state index contributed by atoms with van der Waals surface area (Å²) >= 11 is 8.96. The Kier molecular flexibility index (Phi) is 4.55. The number of carboxylic acids is 1. The van der Waals surface area contributed by atoms with E-state index >= 15 is 0 Å². The van der Waals surface area contributed by atoms with Gasteiger partial charge >= 0.3 is 5.97 Å². The number of sulfonamides is 1. The van der Waals surface area contributed by atoms with Crippen molar-refractivity contribution in [1.82, 2.24) is 0 Å². The number of carbonyl (C=O) groups is 1.